The molecule has 2 aromatic heterocycles. The predicted octanol–water partition coefficient (Wildman–Crippen LogP) is 7.96. The van der Waals surface area contributed by atoms with E-state index >= 15 is 0 Å². The van der Waals surface area contributed by atoms with Crippen LogP contribution in [0.25, 0.3) is 33.5 Å². The van der Waals surface area contributed by atoms with Crippen LogP contribution in [0.1, 0.15) is 32.2 Å². The van der Waals surface area contributed by atoms with Crippen LogP contribution in [0.5, 0.6) is 5.75 Å². The maximum absolute atomic E-state index is 6.81. The summed E-state index contributed by atoms with van der Waals surface area (Å²) in [6.07, 6.45) is 8.17. The van der Waals surface area contributed by atoms with Gasteiger partial charge in [0.1, 0.15) is 16.6 Å². The first-order chi connectivity index (χ1) is 16.5. The van der Waals surface area contributed by atoms with Crippen molar-refractivity contribution in [3.05, 3.63) is 101 Å². The molecular formula is C29H28ClN3O. The molecule has 2 aromatic carbocycles. The fourth-order valence-corrected chi connectivity index (χ4v) is 4.37. The second-order valence-electron chi connectivity index (χ2n) is 8.22. The summed E-state index contributed by atoms with van der Waals surface area (Å²) in [7, 11) is 1.66. The second-order valence-corrected chi connectivity index (χ2v) is 8.57. The number of rotatable bonds is 6. The first kappa shape index (κ1) is 23.5. The number of ether oxygens (including phenoxy) is 1. The van der Waals surface area contributed by atoms with Gasteiger partial charge in [-0.2, -0.15) is 5.10 Å². The average molecular weight is 470 g/mol. The summed E-state index contributed by atoms with van der Waals surface area (Å²) >= 11 is 6.81. The van der Waals surface area contributed by atoms with E-state index in [-0.39, 0.29) is 0 Å². The molecule has 0 aliphatic heterocycles. The van der Waals surface area contributed by atoms with Crippen LogP contribution in [0.4, 0.5) is 0 Å². The molecule has 2 heterocycles. The molecule has 0 N–H and O–H groups in total. The quantitative estimate of drug-likeness (QED) is 0.212. The van der Waals surface area contributed by atoms with Crippen LogP contribution < -0.4 is 4.74 Å². The zero-order chi connectivity index (χ0) is 24.2. The molecule has 0 spiro atoms. The number of benzene rings is 2. The number of methoxy groups -OCH3 is 1. The molecule has 0 amide bonds. The maximum Gasteiger partial charge on any atom is 0.165 e. The van der Waals surface area contributed by atoms with Gasteiger partial charge in [-0.3, -0.25) is 0 Å². The smallest absolute Gasteiger partial charge is 0.165 e. The molecule has 4 rings (SSSR count). The summed E-state index contributed by atoms with van der Waals surface area (Å²) in [5.74, 6) is 0.792. The number of nitrogens with zero attached hydrogens (tertiary/aromatic N) is 3. The van der Waals surface area contributed by atoms with Gasteiger partial charge in [-0.15, -0.1) is 0 Å². The Morgan fingerprint density at radius 1 is 0.941 bits per heavy atom. The standard InChI is InChI=1S/C29H28ClN3O/c1-6-7-9-14-24(19(2)3)27-26(21-12-10-8-11-13-21)29-31-28(30)25(20(4)33(29)32-27)22-15-17-23(34-5)18-16-22/h6-18H,1-5H3/b7-6-,14-9-. The van der Waals surface area contributed by atoms with Gasteiger partial charge in [0.15, 0.2) is 5.65 Å². The lowest BCUT2D eigenvalue weighted by Crippen LogP contribution is -2.01. The van der Waals surface area contributed by atoms with Gasteiger partial charge in [0.05, 0.1) is 18.4 Å². The van der Waals surface area contributed by atoms with Crippen molar-refractivity contribution in [2.45, 2.75) is 27.7 Å². The molecule has 4 aromatic rings. The van der Waals surface area contributed by atoms with Gasteiger partial charge in [-0.25, -0.2) is 9.50 Å². The van der Waals surface area contributed by atoms with Crippen molar-refractivity contribution in [1.29, 1.82) is 0 Å². The lowest BCUT2D eigenvalue weighted by atomic mass is 9.98. The minimum atomic E-state index is 0.446. The fraction of sp³-hybridized carbons (Fsp3) is 0.172. The molecule has 0 fully saturated rings. The molecule has 34 heavy (non-hydrogen) atoms. The van der Waals surface area contributed by atoms with E-state index in [0.29, 0.717) is 5.15 Å². The van der Waals surface area contributed by atoms with Crippen LogP contribution in [-0.4, -0.2) is 21.7 Å². The fourth-order valence-electron chi connectivity index (χ4n) is 4.04. The number of hydrogen-bond acceptors (Lipinski definition) is 3. The molecule has 4 nitrogen and oxygen atoms in total. The highest BCUT2D eigenvalue weighted by molar-refractivity contribution is 6.32. The van der Waals surface area contributed by atoms with Crippen molar-refractivity contribution in [3.63, 3.8) is 0 Å². The van der Waals surface area contributed by atoms with E-state index in [2.05, 4.69) is 32.1 Å². The van der Waals surface area contributed by atoms with E-state index in [1.165, 1.54) is 5.57 Å². The second kappa shape index (κ2) is 10.1. The van der Waals surface area contributed by atoms with Crippen molar-refractivity contribution >= 4 is 22.8 Å². The van der Waals surface area contributed by atoms with Crippen molar-refractivity contribution in [2.75, 3.05) is 7.11 Å². The zero-order valence-electron chi connectivity index (χ0n) is 20.1. The number of aryl methyl sites for hydroxylation is 1. The molecule has 5 heteroatoms. The number of fused-ring (bicyclic) bond motifs is 1. The highest BCUT2D eigenvalue weighted by atomic mass is 35.5. The first-order valence-electron chi connectivity index (χ1n) is 11.2. The summed E-state index contributed by atoms with van der Waals surface area (Å²) in [6.45, 7) is 8.24. The first-order valence-corrected chi connectivity index (χ1v) is 11.6. The van der Waals surface area contributed by atoms with Gasteiger partial charge in [0, 0.05) is 11.1 Å². The minimum Gasteiger partial charge on any atom is -0.497 e. The van der Waals surface area contributed by atoms with Crippen molar-refractivity contribution in [2.24, 2.45) is 0 Å². The van der Waals surface area contributed by atoms with Gasteiger partial charge >= 0.3 is 0 Å². The third-order valence-electron chi connectivity index (χ3n) is 5.75. The van der Waals surface area contributed by atoms with Crippen LogP contribution in [0.3, 0.4) is 0 Å². The van der Waals surface area contributed by atoms with E-state index < -0.39 is 0 Å². The van der Waals surface area contributed by atoms with E-state index in [0.717, 1.165) is 50.6 Å². The SMILES string of the molecule is C/C=C\C=C/C(=C(C)C)c1nn2c(C)c(-c3ccc(OC)cc3)c(Cl)nc2c1-c1ccccc1. The Kier molecular flexibility index (Phi) is 6.99. The third-order valence-corrected chi connectivity index (χ3v) is 6.03. The molecular weight excluding hydrogens is 442 g/mol. The molecule has 172 valence electrons. The molecule has 0 aliphatic carbocycles. The Morgan fingerprint density at radius 2 is 1.62 bits per heavy atom. The lowest BCUT2D eigenvalue weighted by molar-refractivity contribution is 0.415. The number of allylic oxidation sites excluding steroid dienone is 6. The Hall–Kier alpha value is -3.63. The van der Waals surface area contributed by atoms with Crippen LogP contribution in [0, 0.1) is 6.92 Å². The van der Waals surface area contributed by atoms with Gasteiger partial charge in [0.25, 0.3) is 0 Å². The van der Waals surface area contributed by atoms with Gasteiger partial charge in [-0.05, 0) is 51.0 Å². The Morgan fingerprint density at radius 3 is 2.24 bits per heavy atom. The molecule has 0 saturated heterocycles. The van der Waals surface area contributed by atoms with Crippen molar-refractivity contribution < 1.29 is 4.74 Å². The van der Waals surface area contributed by atoms with E-state index in [4.69, 9.17) is 26.4 Å². The largest absolute Gasteiger partial charge is 0.497 e. The Balaban J connectivity index is 2.04. The number of hydrogen-bond donors (Lipinski definition) is 0. The van der Waals surface area contributed by atoms with Crippen LogP contribution in [0.15, 0.2) is 84.5 Å². The van der Waals surface area contributed by atoms with E-state index in [1.807, 2.05) is 79.1 Å². The summed E-state index contributed by atoms with van der Waals surface area (Å²) in [5.41, 5.74) is 8.60. The van der Waals surface area contributed by atoms with Gasteiger partial charge < -0.3 is 4.74 Å². The average Bonchev–Trinajstić information content (AvgIpc) is 3.21. The summed E-state index contributed by atoms with van der Waals surface area (Å²) < 4.78 is 7.22. The molecule has 0 bridgehead atoms. The molecule has 0 unspecified atom stereocenters. The summed E-state index contributed by atoms with van der Waals surface area (Å²) in [6, 6.07) is 18.1. The van der Waals surface area contributed by atoms with E-state index in [9.17, 15) is 0 Å². The van der Waals surface area contributed by atoms with Crippen molar-refractivity contribution in [1.82, 2.24) is 14.6 Å². The van der Waals surface area contributed by atoms with Crippen LogP contribution in [0.2, 0.25) is 5.15 Å². The van der Waals surface area contributed by atoms with Crippen molar-refractivity contribution in [3.8, 4) is 28.0 Å². The maximum atomic E-state index is 6.81. The topological polar surface area (TPSA) is 39.4 Å². The summed E-state index contributed by atoms with van der Waals surface area (Å²) in [4.78, 5) is 4.86. The zero-order valence-corrected chi connectivity index (χ0v) is 20.9. The summed E-state index contributed by atoms with van der Waals surface area (Å²) in [5, 5.41) is 5.53. The Labute approximate surface area is 205 Å². The third kappa shape index (κ3) is 4.42. The van der Waals surface area contributed by atoms with Gasteiger partial charge in [0.2, 0.25) is 0 Å². The Bertz CT molecular complexity index is 1410. The highest BCUT2D eigenvalue weighted by Crippen LogP contribution is 2.38. The van der Waals surface area contributed by atoms with Crippen LogP contribution >= 0.6 is 11.6 Å². The van der Waals surface area contributed by atoms with Crippen LogP contribution in [-0.2, 0) is 0 Å². The number of halogens is 1. The molecule has 0 atom stereocenters. The van der Waals surface area contributed by atoms with E-state index in [1.54, 1.807) is 7.11 Å². The molecule has 0 saturated carbocycles. The normalized spacial score (nSPS) is 11.6. The van der Waals surface area contributed by atoms with Gasteiger partial charge in [-0.1, -0.05) is 83.9 Å². The predicted molar refractivity (Wildman–Crippen MR) is 142 cm³/mol. The minimum absolute atomic E-state index is 0.446. The number of aromatic nitrogens is 3. The lowest BCUT2D eigenvalue weighted by Gasteiger charge is -2.11. The monoisotopic (exact) mass is 469 g/mol. The molecule has 0 radical (unpaired) electrons. The highest BCUT2D eigenvalue weighted by Gasteiger charge is 2.23. The molecule has 0 aliphatic rings.